The Labute approximate surface area is 220 Å². The van der Waals surface area contributed by atoms with Crippen LogP contribution in [-0.2, 0) is 12.8 Å². The van der Waals surface area contributed by atoms with Crippen molar-refractivity contribution in [3.05, 3.63) is 70.8 Å². The first-order valence-electron chi connectivity index (χ1n) is 12.1. The Morgan fingerprint density at radius 3 is 1.12 bits per heavy atom. The van der Waals surface area contributed by atoms with Crippen LogP contribution in [0.3, 0.4) is 0 Å². The molecule has 0 aliphatic heterocycles. The first-order chi connectivity index (χ1) is 15.5. The van der Waals surface area contributed by atoms with Crippen LogP contribution in [0.5, 0.6) is 0 Å². The molecular formula is C28H38O4Pb. The summed E-state index contributed by atoms with van der Waals surface area (Å²) in [5.41, 5.74) is 2.94. The fourth-order valence-electron chi connectivity index (χ4n) is 3.48. The standard InChI is InChI=1S/2C14H20O2.Pb/c2*1-2-3-4-5-6-7-12-8-10-13(11-9-12)14(15)16;/h2*8-11H,2-7H2,1H3,(H,15,16);/q;;+2/p-2. The molecule has 4 nitrogen and oxygen atoms in total. The second-order valence-electron chi connectivity index (χ2n) is 8.30. The molecule has 0 unspecified atom stereocenters. The van der Waals surface area contributed by atoms with E-state index in [1.54, 1.807) is 24.3 Å². The number of carbonyl (C=O) groups is 2. The fourth-order valence-corrected chi connectivity index (χ4v) is 3.48. The number of carbonyl (C=O) groups excluding carboxylic acids is 2. The van der Waals surface area contributed by atoms with Crippen molar-refractivity contribution in [3.8, 4) is 0 Å². The Bertz CT molecular complexity index is 702. The second-order valence-corrected chi connectivity index (χ2v) is 8.30. The summed E-state index contributed by atoms with van der Waals surface area (Å²) >= 11 is 0. The van der Waals surface area contributed by atoms with Crippen molar-refractivity contribution >= 4 is 39.2 Å². The van der Waals surface area contributed by atoms with Gasteiger partial charge in [0.2, 0.25) is 0 Å². The largest absolute Gasteiger partial charge is 2.00 e. The summed E-state index contributed by atoms with van der Waals surface area (Å²) in [5.74, 6) is -2.20. The number of aromatic carboxylic acids is 2. The summed E-state index contributed by atoms with van der Waals surface area (Å²) in [5, 5.41) is 21.1. The number of unbranched alkanes of at least 4 members (excludes halogenated alkanes) is 8. The van der Waals surface area contributed by atoms with Crippen molar-refractivity contribution in [2.24, 2.45) is 0 Å². The molecule has 0 aliphatic carbocycles. The number of hydrogen-bond acceptors (Lipinski definition) is 4. The molecule has 0 spiro atoms. The van der Waals surface area contributed by atoms with Crippen molar-refractivity contribution in [1.29, 1.82) is 0 Å². The van der Waals surface area contributed by atoms with E-state index >= 15 is 0 Å². The van der Waals surface area contributed by atoms with E-state index in [1.807, 2.05) is 24.3 Å². The van der Waals surface area contributed by atoms with E-state index in [0.717, 1.165) is 12.8 Å². The van der Waals surface area contributed by atoms with Crippen LogP contribution in [0, 0.1) is 0 Å². The maximum Gasteiger partial charge on any atom is 2.00 e. The van der Waals surface area contributed by atoms with Gasteiger partial charge in [-0.1, -0.05) is 114 Å². The molecule has 2 aromatic rings. The quantitative estimate of drug-likeness (QED) is 0.220. The van der Waals surface area contributed by atoms with Crippen molar-refractivity contribution in [2.45, 2.75) is 90.9 Å². The molecule has 0 aromatic heterocycles. The van der Waals surface area contributed by atoms with E-state index in [-0.39, 0.29) is 38.4 Å². The molecule has 0 amide bonds. The summed E-state index contributed by atoms with van der Waals surface area (Å²) in [7, 11) is 0. The summed E-state index contributed by atoms with van der Waals surface area (Å²) in [6, 6.07) is 14.0. The Kier molecular flexibility index (Phi) is 18.7. The molecule has 2 aromatic carbocycles. The van der Waals surface area contributed by atoms with Crippen LogP contribution < -0.4 is 10.2 Å². The van der Waals surface area contributed by atoms with Crippen molar-refractivity contribution < 1.29 is 19.8 Å². The van der Waals surface area contributed by atoms with Gasteiger partial charge in [0.05, 0.1) is 11.9 Å². The van der Waals surface area contributed by atoms with Gasteiger partial charge in [-0.2, -0.15) is 0 Å². The van der Waals surface area contributed by atoms with E-state index in [4.69, 9.17) is 0 Å². The van der Waals surface area contributed by atoms with E-state index in [1.165, 1.54) is 75.3 Å². The first kappa shape index (κ1) is 31.3. The zero-order valence-electron chi connectivity index (χ0n) is 20.2. The molecule has 0 fully saturated rings. The normalized spacial score (nSPS) is 10.0. The maximum absolute atomic E-state index is 10.5. The van der Waals surface area contributed by atoms with E-state index in [9.17, 15) is 19.8 Å². The predicted octanol–water partition coefficient (Wildman–Crippen LogP) is 4.75. The fraction of sp³-hybridized carbons (Fsp3) is 0.500. The number of hydrogen-bond donors (Lipinski definition) is 0. The van der Waals surface area contributed by atoms with Crippen LogP contribution >= 0.6 is 0 Å². The number of rotatable bonds is 14. The molecule has 0 aliphatic rings. The van der Waals surface area contributed by atoms with Crippen LogP contribution in [-0.4, -0.2) is 39.2 Å². The molecule has 0 saturated heterocycles. The molecule has 0 N–H and O–H groups in total. The molecule has 178 valence electrons. The molecule has 33 heavy (non-hydrogen) atoms. The third-order valence-electron chi connectivity index (χ3n) is 5.52. The molecule has 2 rings (SSSR count). The van der Waals surface area contributed by atoms with Gasteiger partial charge in [-0.25, -0.2) is 0 Å². The number of benzene rings is 2. The van der Waals surface area contributed by atoms with E-state index in [2.05, 4.69) is 13.8 Å². The van der Waals surface area contributed by atoms with Crippen molar-refractivity contribution in [1.82, 2.24) is 0 Å². The molecule has 0 atom stereocenters. The SMILES string of the molecule is CCCCCCCc1ccc(C(=O)[O-])cc1.CCCCCCCc1ccc(C(=O)[O-])cc1.[Pb+2]. The van der Waals surface area contributed by atoms with Gasteiger partial charge in [-0.3, -0.25) is 0 Å². The summed E-state index contributed by atoms with van der Waals surface area (Å²) in [6.45, 7) is 4.41. The molecule has 5 heteroatoms. The topological polar surface area (TPSA) is 80.3 Å². The van der Waals surface area contributed by atoms with Gasteiger partial charge >= 0.3 is 27.3 Å². The third-order valence-corrected chi connectivity index (χ3v) is 5.52. The summed E-state index contributed by atoms with van der Waals surface area (Å²) < 4.78 is 0. The number of carboxylic acids is 2. The van der Waals surface area contributed by atoms with Gasteiger partial charge in [0.1, 0.15) is 0 Å². The average Bonchev–Trinajstić information content (AvgIpc) is 2.80. The molecule has 0 saturated carbocycles. The van der Waals surface area contributed by atoms with Crippen LogP contribution in [0.2, 0.25) is 0 Å². The summed E-state index contributed by atoms with van der Waals surface area (Å²) in [6.07, 6.45) is 14.7. The Morgan fingerprint density at radius 2 is 0.848 bits per heavy atom. The second kappa shape index (κ2) is 19.7. The van der Waals surface area contributed by atoms with Crippen LogP contribution in [0.1, 0.15) is 110 Å². The first-order valence-corrected chi connectivity index (χ1v) is 12.1. The van der Waals surface area contributed by atoms with Gasteiger partial charge in [-0.15, -0.1) is 0 Å². The monoisotopic (exact) mass is 646 g/mol. The Morgan fingerprint density at radius 1 is 0.545 bits per heavy atom. The minimum atomic E-state index is -1.10. The minimum absolute atomic E-state index is 0. The van der Waals surface area contributed by atoms with Crippen LogP contribution in [0.4, 0.5) is 0 Å². The smallest absolute Gasteiger partial charge is 0.545 e. The molecule has 0 heterocycles. The van der Waals surface area contributed by atoms with Crippen LogP contribution in [0.15, 0.2) is 48.5 Å². The maximum atomic E-state index is 10.5. The average molecular weight is 646 g/mol. The van der Waals surface area contributed by atoms with Gasteiger partial charge in [0.25, 0.3) is 0 Å². The van der Waals surface area contributed by atoms with Crippen LogP contribution in [0.25, 0.3) is 0 Å². The minimum Gasteiger partial charge on any atom is -0.545 e. The summed E-state index contributed by atoms with van der Waals surface area (Å²) in [4.78, 5) is 21.1. The van der Waals surface area contributed by atoms with Gasteiger partial charge in [0.15, 0.2) is 0 Å². The van der Waals surface area contributed by atoms with Gasteiger partial charge < -0.3 is 19.8 Å². The van der Waals surface area contributed by atoms with E-state index < -0.39 is 11.9 Å². The van der Waals surface area contributed by atoms with Gasteiger partial charge in [0, 0.05) is 0 Å². The van der Waals surface area contributed by atoms with Gasteiger partial charge in [-0.05, 0) is 47.9 Å². The van der Waals surface area contributed by atoms with E-state index in [0.29, 0.717) is 0 Å². The Balaban J connectivity index is 0.000000602. The number of carboxylic acid groups (broad SMARTS) is 2. The molecule has 2 radical (unpaired) electrons. The van der Waals surface area contributed by atoms with Crippen molar-refractivity contribution in [2.75, 3.05) is 0 Å². The molecule has 0 bridgehead atoms. The predicted molar refractivity (Wildman–Crippen MR) is 132 cm³/mol. The Hall–Kier alpha value is -1.70. The molecular weight excluding hydrogens is 608 g/mol. The number of aryl methyl sites for hydroxylation is 2. The van der Waals surface area contributed by atoms with Crippen molar-refractivity contribution in [3.63, 3.8) is 0 Å². The zero-order valence-corrected chi connectivity index (χ0v) is 24.1. The zero-order chi connectivity index (χ0) is 23.6. The third kappa shape index (κ3) is 14.9.